The van der Waals surface area contributed by atoms with Crippen molar-refractivity contribution in [1.29, 1.82) is 0 Å². The fraction of sp³-hybridized carbons (Fsp3) is 0.278. The third kappa shape index (κ3) is 3.01. The second kappa shape index (κ2) is 7.04. The van der Waals surface area contributed by atoms with Gasteiger partial charge < -0.3 is 20.5 Å². The molecule has 0 atom stereocenters. The van der Waals surface area contributed by atoms with Crippen molar-refractivity contribution < 1.29 is 23.4 Å². The molecule has 0 bridgehead atoms. The quantitative estimate of drug-likeness (QED) is 0.712. The summed E-state index contributed by atoms with van der Waals surface area (Å²) in [5, 5.41) is 13.1. The van der Waals surface area contributed by atoms with Gasteiger partial charge in [-0.3, -0.25) is 0 Å². The van der Waals surface area contributed by atoms with E-state index in [0.29, 0.717) is 18.7 Å². The zero-order chi connectivity index (χ0) is 19.8. The molecule has 0 radical (unpaired) electrons. The van der Waals surface area contributed by atoms with Crippen LogP contribution in [0.5, 0.6) is 5.88 Å². The molecule has 0 unspecified atom stereocenters. The summed E-state index contributed by atoms with van der Waals surface area (Å²) in [6.07, 6.45) is 2.46. The minimum Gasteiger partial charge on any atom is -0.391 e. The van der Waals surface area contributed by atoms with Gasteiger partial charge in [-0.05, 0) is 30.5 Å². The van der Waals surface area contributed by atoms with Gasteiger partial charge in [-0.15, -0.1) is 0 Å². The SMILES string of the molecule is Nc1ncnn2c(OC(=O)N3CCCC3)cc(-c3cc(F)c(CO)c(F)c3)c12. The highest BCUT2D eigenvalue weighted by Crippen LogP contribution is 2.35. The first kappa shape index (κ1) is 18.1. The van der Waals surface area contributed by atoms with Gasteiger partial charge >= 0.3 is 6.09 Å². The van der Waals surface area contributed by atoms with Crippen molar-refractivity contribution in [2.75, 3.05) is 18.8 Å². The Morgan fingerprint density at radius 2 is 1.89 bits per heavy atom. The highest BCUT2D eigenvalue weighted by molar-refractivity contribution is 5.89. The fourth-order valence-corrected chi connectivity index (χ4v) is 3.30. The molecule has 0 spiro atoms. The summed E-state index contributed by atoms with van der Waals surface area (Å²) in [5.41, 5.74) is 6.21. The number of hydrogen-bond acceptors (Lipinski definition) is 6. The second-order valence-corrected chi connectivity index (χ2v) is 6.44. The van der Waals surface area contributed by atoms with Crippen LogP contribution in [0.15, 0.2) is 24.5 Å². The number of carbonyl (C=O) groups excluding carboxylic acids is 1. The van der Waals surface area contributed by atoms with Crippen molar-refractivity contribution in [3.8, 4) is 17.0 Å². The zero-order valence-corrected chi connectivity index (χ0v) is 14.7. The molecule has 8 nitrogen and oxygen atoms in total. The molecule has 4 rings (SSSR count). The largest absolute Gasteiger partial charge is 0.416 e. The Balaban J connectivity index is 1.82. The standard InChI is InChI=1S/C18H17F2N5O3/c19-13-5-10(6-14(20)12(13)8-26)11-7-15(25-16(11)17(21)22-9-23-25)28-18(27)24-3-1-2-4-24/h5-7,9,26H,1-4,8H2,(H2,21,22,23). The van der Waals surface area contributed by atoms with Crippen molar-refractivity contribution >= 4 is 17.4 Å². The van der Waals surface area contributed by atoms with Gasteiger partial charge in [0.05, 0.1) is 6.61 Å². The maximum atomic E-state index is 14.2. The van der Waals surface area contributed by atoms with Crippen LogP contribution in [0.1, 0.15) is 18.4 Å². The number of aliphatic hydroxyl groups excluding tert-OH is 1. The molecule has 1 aliphatic rings. The molecule has 28 heavy (non-hydrogen) atoms. The molecule has 2 aromatic heterocycles. The van der Waals surface area contributed by atoms with E-state index in [1.807, 2.05) is 0 Å². The number of likely N-dealkylation sites (tertiary alicyclic amines) is 1. The number of fused-ring (bicyclic) bond motifs is 1. The van der Waals surface area contributed by atoms with E-state index in [2.05, 4.69) is 10.1 Å². The molecule has 3 aromatic rings. The van der Waals surface area contributed by atoms with Crippen LogP contribution in [0.2, 0.25) is 0 Å². The van der Waals surface area contributed by atoms with Crippen LogP contribution in [0.3, 0.4) is 0 Å². The van der Waals surface area contributed by atoms with Gasteiger partial charge in [0.25, 0.3) is 0 Å². The van der Waals surface area contributed by atoms with E-state index in [1.165, 1.54) is 16.9 Å². The Bertz CT molecular complexity index is 1040. The van der Waals surface area contributed by atoms with Gasteiger partial charge in [-0.25, -0.2) is 18.6 Å². The molecule has 3 heterocycles. The average molecular weight is 389 g/mol. The number of aliphatic hydroxyl groups is 1. The van der Waals surface area contributed by atoms with Gasteiger partial charge in [0.1, 0.15) is 23.5 Å². The van der Waals surface area contributed by atoms with E-state index >= 15 is 0 Å². The van der Waals surface area contributed by atoms with Crippen LogP contribution >= 0.6 is 0 Å². The van der Waals surface area contributed by atoms with Gasteiger partial charge in [0.15, 0.2) is 5.82 Å². The van der Waals surface area contributed by atoms with Crippen LogP contribution in [0.4, 0.5) is 19.4 Å². The lowest BCUT2D eigenvalue weighted by Crippen LogP contribution is -2.30. The van der Waals surface area contributed by atoms with Gasteiger partial charge in [-0.2, -0.15) is 9.61 Å². The predicted octanol–water partition coefficient (Wildman–Crippen LogP) is 2.34. The number of benzene rings is 1. The van der Waals surface area contributed by atoms with Crippen LogP contribution in [0.25, 0.3) is 16.6 Å². The predicted molar refractivity (Wildman–Crippen MR) is 95.5 cm³/mol. The third-order valence-corrected chi connectivity index (χ3v) is 4.72. The Hall–Kier alpha value is -3.27. The van der Waals surface area contributed by atoms with Gasteiger partial charge in [0, 0.05) is 30.3 Å². The first-order chi connectivity index (χ1) is 13.5. The summed E-state index contributed by atoms with van der Waals surface area (Å²) in [6, 6.07) is 3.58. The summed E-state index contributed by atoms with van der Waals surface area (Å²) in [5.74, 6) is -1.69. The summed E-state index contributed by atoms with van der Waals surface area (Å²) in [4.78, 5) is 17.8. The molecular weight excluding hydrogens is 372 g/mol. The molecule has 0 aliphatic carbocycles. The summed E-state index contributed by atoms with van der Waals surface area (Å²) in [7, 11) is 0. The van der Waals surface area contributed by atoms with E-state index in [-0.39, 0.29) is 22.8 Å². The monoisotopic (exact) mass is 389 g/mol. The molecule has 1 saturated heterocycles. The van der Waals surface area contributed by atoms with E-state index in [1.54, 1.807) is 4.90 Å². The molecule has 10 heteroatoms. The highest BCUT2D eigenvalue weighted by Gasteiger charge is 2.24. The van der Waals surface area contributed by atoms with Crippen molar-refractivity contribution in [3.63, 3.8) is 0 Å². The summed E-state index contributed by atoms with van der Waals surface area (Å²) >= 11 is 0. The molecule has 3 N–H and O–H groups in total. The molecule has 146 valence electrons. The maximum absolute atomic E-state index is 14.2. The minimum absolute atomic E-state index is 0.0560. The number of rotatable bonds is 3. The second-order valence-electron chi connectivity index (χ2n) is 6.44. The van der Waals surface area contributed by atoms with Crippen LogP contribution in [0, 0.1) is 11.6 Å². The summed E-state index contributed by atoms with van der Waals surface area (Å²) in [6.45, 7) is 0.439. The van der Waals surface area contributed by atoms with Crippen LogP contribution in [-0.4, -0.2) is 43.8 Å². The topological polar surface area (TPSA) is 106 Å². The molecule has 0 saturated carbocycles. The maximum Gasteiger partial charge on any atom is 0.416 e. The van der Waals surface area contributed by atoms with Crippen LogP contribution in [-0.2, 0) is 6.61 Å². The van der Waals surface area contributed by atoms with Crippen molar-refractivity contribution in [2.24, 2.45) is 0 Å². The molecule has 1 aliphatic heterocycles. The smallest absolute Gasteiger partial charge is 0.391 e. The van der Waals surface area contributed by atoms with E-state index in [4.69, 9.17) is 15.6 Å². The highest BCUT2D eigenvalue weighted by atomic mass is 19.1. The number of nitrogens with zero attached hydrogens (tertiary/aromatic N) is 4. The lowest BCUT2D eigenvalue weighted by Gasteiger charge is -2.14. The molecule has 1 aromatic carbocycles. The lowest BCUT2D eigenvalue weighted by atomic mass is 10.0. The van der Waals surface area contributed by atoms with E-state index < -0.39 is 29.9 Å². The van der Waals surface area contributed by atoms with Crippen molar-refractivity contribution in [2.45, 2.75) is 19.4 Å². The Morgan fingerprint density at radius 3 is 2.54 bits per heavy atom. The van der Waals surface area contributed by atoms with Gasteiger partial charge in [0.2, 0.25) is 5.88 Å². The number of carbonyl (C=O) groups is 1. The Kier molecular flexibility index (Phi) is 4.55. The zero-order valence-electron chi connectivity index (χ0n) is 14.7. The first-order valence-electron chi connectivity index (χ1n) is 8.67. The van der Waals surface area contributed by atoms with Crippen molar-refractivity contribution in [1.82, 2.24) is 19.5 Å². The Morgan fingerprint density at radius 1 is 1.21 bits per heavy atom. The number of hydrogen-bond donors (Lipinski definition) is 2. The van der Waals surface area contributed by atoms with Gasteiger partial charge in [-0.1, -0.05) is 0 Å². The van der Waals surface area contributed by atoms with E-state index in [0.717, 1.165) is 25.0 Å². The number of nitrogen functional groups attached to an aromatic ring is 1. The molecule has 1 amide bonds. The number of aromatic nitrogens is 3. The first-order valence-corrected chi connectivity index (χ1v) is 8.67. The fourth-order valence-electron chi connectivity index (χ4n) is 3.30. The summed E-state index contributed by atoms with van der Waals surface area (Å²) < 4.78 is 35.0. The number of ether oxygens (including phenoxy) is 1. The molecular formula is C18H17F2N5O3. The third-order valence-electron chi connectivity index (χ3n) is 4.72. The number of halogens is 2. The number of anilines is 1. The number of amides is 1. The van der Waals surface area contributed by atoms with E-state index in [9.17, 15) is 13.6 Å². The molecule has 1 fully saturated rings. The lowest BCUT2D eigenvalue weighted by molar-refractivity contribution is 0.160. The van der Waals surface area contributed by atoms with Crippen molar-refractivity contribution in [3.05, 3.63) is 41.7 Å². The number of nitrogens with two attached hydrogens (primary N) is 1. The average Bonchev–Trinajstić information content (AvgIpc) is 3.31. The normalized spacial score (nSPS) is 14.0. The van der Waals surface area contributed by atoms with Crippen LogP contribution < -0.4 is 10.5 Å². The Labute approximate surface area is 158 Å². The minimum atomic E-state index is -0.900.